The Morgan fingerprint density at radius 3 is 2.22 bits per heavy atom. The molecule has 2 aromatic rings. The van der Waals surface area contributed by atoms with Crippen LogP contribution in [0.1, 0.15) is 33.3 Å². The van der Waals surface area contributed by atoms with Crippen LogP contribution >= 0.6 is 11.6 Å². The molecule has 2 amide bonds. The number of nitrogens with zero attached hydrogens (tertiary/aromatic N) is 3. The second-order valence-electron chi connectivity index (χ2n) is 11.6. The zero-order valence-electron chi connectivity index (χ0n) is 22.9. The zero-order chi connectivity index (χ0) is 28.7. The van der Waals surface area contributed by atoms with Crippen LogP contribution < -0.4 is 5.01 Å². The van der Waals surface area contributed by atoms with E-state index in [-0.39, 0.29) is 12.5 Å². The molecule has 2 aromatic carbocycles. The molecule has 0 radical (unpaired) electrons. The summed E-state index contributed by atoms with van der Waals surface area (Å²) >= 11 is 6.08. The van der Waals surface area contributed by atoms with Crippen LogP contribution in [0, 0.1) is 5.92 Å². The van der Waals surface area contributed by atoms with Crippen LogP contribution in [0.5, 0.6) is 0 Å². The normalized spacial score (nSPS) is 35.0. The molecular weight excluding hydrogens is 554 g/mol. The van der Waals surface area contributed by atoms with Gasteiger partial charge in [0.2, 0.25) is 6.10 Å². The molecule has 12 heteroatoms. The number of para-hydroxylation sites is 1. The SMILES string of the molecule is CC1(C)O[C@H]2O[C@H](CN3C(=O)[C@H]4C(c5ccc(Cl)cc5)=NO[C@H]4C(=O)N3c3ccccc3)[C@@H]3OC(C)(C)O[C@@H]3[C@@H]2O1. The first kappa shape index (κ1) is 26.8. The monoisotopic (exact) mass is 583 g/mol. The van der Waals surface area contributed by atoms with E-state index >= 15 is 0 Å². The van der Waals surface area contributed by atoms with E-state index in [1.807, 2.05) is 33.8 Å². The number of halogens is 1. The summed E-state index contributed by atoms with van der Waals surface area (Å²) in [5, 5.41) is 7.47. The van der Waals surface area contributed by atoms with Gasteiger partial charge in [-0.1, -0.05) is 47.1 Å². The topological polar surface area (TPSA) is 108 Å². The molecule has 4 saturated heterocycles. The highest BCUT2D eigenvalue weighted by atomic mass is 35.5. The fourth-order valence-electron chi connectivity index (χ4n) is 6.18. The van der Waals surface area contributed by atoms with E-state index in [4.69, 9.17) is 40.1 Å². The van der Waals surface area contributed by atoms with Gasteiger partial charge in [0.25, 0.3) is 11.8 Å². The predicted octanol–water partition coefficient (Wildman–Crippen LogP) is 3.25. The molecule has 0 unspecified atom stereocenters. The van der Waals surface area contributed by atoms with Gasteiger partial charge < -0.3 is 28.5 Å². The van der Waals surface area contributed by atoms with Gasteiger partial charge in [-0.2, -0.15) is 0 Å². The standard InChI is InChI=1S/C29H30ClN3O8/c1-28(2)37-21-18(36-27-24(23(21)38-28)39-29(3,4)40-27)14-32-25(34)19-20(15-10-12-16(30)13-11-15)31-41-22(19)26(35)33(32)17-8-6-5-7-9-17/h5-13,18-19,21-24,27H,14H2,1-4H3/t18-,19+,21+,22-,23+,24+,27-/m1/s1. The number of fused-ring (bicyclic) bond motifs is 4. The van der Waals surface area contributed by atoms with Gasteiger partial charge in [-0.15, -0.1) is 0 Å². The van der Waals surface area contributed by atoms with Crippen molar-refractivity contribution >= 4 is 34.8 Å². The number of rotatable bonds is 4. The van der Waals surface area contributed by atoms with Crippen molar-refractivity contribution in [1.29, 1.82) is 0 Å². The lowest BCUT2D eigenvalue weighted by Crippen LogP contribution is -2.67. The minimum atomic E-state index is -1.12. The lowest BCUT2D eigenvalue weighted by Gasteiger charge is -2.45. The third-order valence-electron chi connectivity index (χ3n) is 7.82. The molecule has 5 aliphatic heterocycles. The molecule has 216 valence electrons. The molecular formula is C29H30ClN3O8. The molecule has 0 N–H and O–H groups in total. The summed E-state index contributed by atoms with van der Waals surface area (Å²) in [6.07, 6.45) is -4.20. The average Bonchev–Trinajstić information content (AvgIpc) is 3.60. The van der Waals surface area contributed by atoms with Crippen molar-refractivity contribution in [3.05, 3.63) is 65.2 Å². The zero-order valence-corrected chi connectivity index (χ0v) is 23.7. The number of hydrazine groups is 1. The van der Waals surface area contributed by atoms with Crippen LogP contribution in [-0.2, 0) is 38.1 Å². The van der Waals surface area contributed by atoms with Crippen molar-refractivity contribution in [1.82, 2.24) is 5.01 Å². The molecule has 0 saturated carbocycles. The first-order valence-electron chi connectivity index (χ1n) is 13.6. The van der Waals surface area contributed by atoms with Gasteiger partial charge in [-0.05, 0) is 52.0 Å². The van der Waals surface area contributed by atoms with Crippen molar-refractivity contribution in [3.63, 3.8) is 0 Å². The lowest BCUT2D eigenvalue weighted by molar-refractivity contribution is -0.237. The number of carbonyl (C=O) groups excluding carboxylic acids is 2. The minimum Gasteiger partial charge on any atom is -0.381 e. The number of oxime groups is 1. The number of anilines is 1. The Balaban J connectivity index is 1.25. The quantitative estimate of drug-likeness (QED) is 0.540. The van der Waals surface area contributed by atoms with Gasteiger partial charge in [-0.3, -0.25) is 9.59 Å². The number of ether oxygens (including phenoxy) is 5. The van der Waals surface area contributed by atoms with Gasteiger partial charge in [0.15, 0.2) is 17.9 Å². The fourth-order valence-corrected chi connectivity index (χ4v) is 6.30. The van der Waals surface area contributed by atoms with Gasteiger partial charge in [-0.25, -0.2) is 10.0 Å². The van der Waals surface area contributed by atoms with E-state index in [2.05, 4.69) is 5.16 Å². The van der Waals surface area contributed by atoms with Crippen molar-refractivity contribution in [2.45, 2.75) is 76.1 Å². The highest BCUT2D eigenvalue weighted by molar-refractivity contribution is 6.30. The van der Waals surface area contributed by atoms with Crippen molar-refractivity contribution < 1.29 is 38.1 Å². The van der Waals surface area contributed by atoms with Gasteiger partial charge in [0.05, 0.1) is 12.2 Å². The molecule has 0 aliphatic carbocycles. The maximum atomic E-state index is 14.4. The highest BCUT2D eigenvalue weighted by Crippen LogP contribution is 2.45. The van der Waals surface area contributed by atoms with Crippen LogP contribution in [0.4, 0.5) is 5.69 Å². The molecule has 5 aliphatic rings. The Morgan fingerprint density at radius 2 is 1.49 bits per heavy atom. The van der Waals surface area contributed by atoms with Crippen molar-refractivity contribution in [2.24, 2.45) is 11.1 Å². The van der Waals surface area contributed by atoms with E-state index in [1.54, 1.807) is 48.5 Å². The molecule has 41 heavy (non-hydrogen) atoms. The van der Waals surface area contributed by atoms with Crippen LogP contribution in [0.2, 0.25) is 5.02 Å². The summed E-state index contributed by atoms with van der Waals surface area (Å²) in [6, 6.07) is 15.8. The summed E-state index contributed by atoms with van der Waals surface area (Å²) in [6.45, 7) is 7.23. The molecule has 11 nitrogen and oxygen atoms in total. The molecule has 0 spiro atoms. The largest absolute Gasteiger partial charge is 0.381 e. The van der Waals surface area contributed by atoms with Crippen LogP contribution in [0.25, 0.3) is 0 Å². The Bertz CT molecular complexity index is 1400. The van der Waals surface area contributed by atoms with E-state index in [0.29, 0.717) is 22.0 Å². The van der Waals surface area contributed by atoms with Crippen molar-refractivity contribution in [3.8, 4) is 0 Å². The van der Waals surface area contributed by atoms with Crippen molar-refractivity contribution in [2.75, 3.05) is 11.6 Å². The summed E-state index contributed by atoms with van der Waals surface area (Å²) in [4.78, 5) is 34.0. The molecule has 7 rings (SSSR count). The number of carbonyl (C=O) groups is 2. The number of hydrogen-bond acceptors (Lipinski definition) is 9. The third-order valence-corrected chi connectivity index (χ3v) is 8.07. The first-order valence-corrected chi connectivity index (χ1v) is 14.0. The van der Waals surface area contributed by atoms with Gasteiger partial charge in [0, 0.05) is 10.6 Å². The van der Waals surface area contributed by atoms with Gasteiger partial charge in [0.1, 0.15) is 36.0 Å². The second kappa shape index (κ2) is 9.48. The summed E-state index contributed by atoms with van der Waals surface area (Å²) in [7, 11) is 0. The number of amides is 2. The molecule has 7 atom stereocenters. The van der Waals surface area contributed by atoms with Crippen LogP contribution in [-0.4, -0.2) is 77.5 Å². The summed E-state index contributed by atoms with van der Waals surface area (Å²) < 4.78 is 31.1. The Kier molecular flexibility index (Phi) is 6.20. The number of hydrogen-bond donors (Lipinski definition) is 0. The lowest BCUT2D eigenvalue weighted by atomic mass is 9.88. The maximum absolute atomic E-state index is 14.4. The van der Waals surface area contributed by atoms with E-state index in [1.165, 1.54) is 10.0 Å². The Hall–Kier alpha value is -3.06. The fraction of sp³-hybridized carbons (Fsp3) is 0.483. The van der Waals surface area contributed by atoms with Gasteiger partial charge >= 0.3 is 0 Å². The highest BCUT2D eigenvalue weighted by Gasteiger charge is 2.62. The van der Waals surface area contributed by atoms with E-state index in [9.17, 15) is 9.59 Å². The third kappa shape index (κ3) is 4.52. The number of benzene rings is 2. The average molecular weight is 584 g/mol. The first-order chi connectivity index (χ1) is 19.5. The minimum absolute atomic E-state index is 0.0236. The summed E-state index contributed by atoms with van der Waals surface area (Å²) in [5.41, 5.74) is 1.51. The van der Waals surface area contributed by atoms with Crippen LogP contribution in [0.15, 0.2) is 59.8 Å². The maximum Gasteiger partial charge on any atom is 0.291 e. The molecule has 0 bridgehead atoms. The van der Waals surface area contributed by atoms with E-state index in [0.717, 1.165) is 0 Å². The smallest absolute Gasteiger partial charge is 0.291 e. The molecule has 0 aromatic heterocycles. The Labute approximate surface area is 241 Å². The second-order valence-corrected chi connectivity index (χ2v) is 12.0. The molecule has 5 heterocycles. The summed E-state index contributed by atoms with van der Waals surface area (Å²) in [5.74, 6) is -3.56. The molecule has 4 fully saturated rings. The Morgan fingerprint density at radius 1 is 0.829 bits per heavy atom. The van der Waals surface area contributed by atoms with Crippen LogP contribution in [0.3, 0.4) is 0 Å². The predicted molar refractivity (Wildman–Crippen MR) is 145 cm³/mol. The van der Waals surface area contributed by atoms with E-state index < -0.39 is 60.2 Å².